The van der Waals surface area contributed by atoms with Crippen molar-refractivity contribution in [1.82, 2.24) is 5.32 Å². The molecule has 0 aromatic heterocycles. The van der Waals surface area contributed by atoms with Crippen LogP contribution in [-0.2, 0) is 22.4 Å². The van der Waals surface area contributed by atoms with Gasteiger partial charge in [-0.05, 0) is 48.1 Å². The maximum absolute atomic E-state index is 12.1. The van der Waals surface area contributed by atoms with Crippen molar-refractivity contribution in [3.05, 3.63) is 65.2 Å². The Hall–Kier alpha value is -2.66. The van der Waals surface area contributed by atoms with E-state index in [1.165, 1.54) is 11.1 Å². The van der Waals surface area contributed by atoms with E-state index in [9.17, 15) is 14.7 Å². The zero-order chi connectivity index (χ0) is 16.9. The van der Waals surface area contributed by atoms with Crippen molar-refractivity contribution in [3.8, 4) is 0 Å². The van der Waals surface area contributed by atoms with Crippen LogP contribution in [0.3, 0.4) is 0 Å². The fourth-order valence-electron chi connectivity index (χ4n) is 2.98. The molecule has 0 saturated carbocycles. The first-order valence-corrected chi connectivity index (χ1v) is 8.07. The summed E-state index contributed by atoms with van der Waals surface area (Å²) < 4.78 is 0. The second kappa shape index (κ2) is 7.27. The Balaban J connectivity index is 1.63. The minimum atomic E-state index is -0.765. The lowest BCUT2D eigenvalue weighted by atomic mass is 10.1. The molecule has 0 fully saturated rings. The minimum absolute atomic E-state index is 0.276. The highest BCUT2D eigenvalue weighted by Gasteiger charge is 2.20. The zero-order valence-electron chi connectivity index (χ0n) is 13.3. The van der Waals surface area contributed by atoms with Crippen molar-refractivity contribution in [2.45, 2.75) is 25.3 Å². The smallest absolute Gasteiger partial charge is 0.313 e. The Morgan fingerprint density at radius 2 is 1.75 bits per heavy atom. The van der Waals surface area contributed by atoms with Gasteiger partial charge in [-0.1, -0.05) is 36.4 Å². The van der Waals surface area contributed by atoms with E-state index in [2.05, 4.69) is 10.6 Å². The molecule has 1 aliphatic carbocycles. The lowest BCUT2D eigenvalue weighted by Crippen LogP contribution is -2.39. The molecule has 5 nitrogen and oxygen atoms in total. The molecule has 24 heavy (non-hydrogen) atoms. The fourth-order valence-corrected chi connectivity index (χ4v) is 2.98. The molecule has 0 radical (unpaired) electrons. The Labute approximate surface area is 140 Å². The second-order valence-electron chi connectivity index (χ2n) is 5.91. The maximum Gasteiger partial charge on any atom is 0.313 e. The predicted molar refractivity (Wildman–Crippen MR) is 91.5 cm³/mol. The van der Waals surface area contributed by atoms with Crippen molar-refractivity contribution in [1.29, 1.82) is 0 Å². The third kappa shape index (κ3) is 3.63. The van der Waals surface area contributed by atoms with Crippen molar-refractivity contribution < 1.29 is 14.7 Å². The molecule has 0 heterocycles. The van der Waals surface area contributed by atoms with Crippen molar-refractivity contribution in [2.75, 3.05) is 11.9 Å². The van der Waals surface area contributed by atoms with Crippen LogP contribution in [0.5, 0.6) is 0 Å². The molecular weight excluding hydrogens is 304 g/mol. The first-order valence-electron chi connectivity index (χ1n) is 8.07. The third-order valence-electron chi connectivity index (χ3n) is 4.25. The Bertz CT molecular complexity index is 744. The van der Waals surface area contributed by atoms with E-state index in [0.29, 0.717) is 5.69 Å². The predicted octanol–water partition coefficient (Wildman–Crippen LogP) is 1.96. The summed E-state index contributed by atoms with van der Waals surface area (Å²) in [6, 6.07) is 14.2. The van der Waals surface area contributed by atoms with E-state index in [1.54, 1.807) is 12.1 Å². The number of benzene rings is 2. The lowest BCUT2D eigenvalue weighted by molar-refractivity contribution is -0.136. The topological polar surface area (TPSA) is 78.4 Å². The Morgan fingerprint density at radius 1 is 1.00 bits per heavy atom. The number of aryl methyl sites for hydroxylation is 2. The SMILES string of the molecule is O=C(Nc1ccc2c(c1)CCC2)C(=O)NC(CO)c1ccccc1. The monoisotopic (exact) mass is 324 g/mol. The molecule has 2 aromatic rings. The molecule has 0 saturated heterocycles. The van der Waals surface area contributed by atoms with Gasteiger partial charge in [0.25, 0.3) is 0 Å². The summed E-state index contributed by atoms with van der Waals surface area (Å²) in [5.41, 5.74) is 3.90. The van der Waals surface area contributed by atoms with Crippen molar-refractivity contribution in [3.63, 3.8) is 0 Å². The van der Waals surface area contributed by atoms with Crippen molar-refractivity contribution >= 4 is 17.5 Å². The average Bonchev–Trinajstić information content (AvgIpc) is 3.08. The van der Waals surface area contributed by atoms with E-state index >= 15 is 0 Å². The van der Waals surface area contributed by atoms with E-state index in [0.717, 1.165) is 24.8 Å². The van der Waals surface area contributed by atoms with Crippen molar-refractivity contribution in [2.24, 2.45) is 0 Å². The molecule has 3 N–H and O–H groups in total. The fraction of sp³-hybridized carbons (Fsp3) is 0.263. The van der Waals surface area contributed by atoms with Gasteiger partial charge in [0.15, 0.2) is 0 Å². The molecule has 0 aliphatic heterocycles. The molecule has 3 rings (SSSR count). The van der Waals surface area contributed by atoms with Crippen LogP contribution in [0.15, 0.2) is 48.5 Å². The molecule has 124 valence electrons. The summed E-state index contributed by atoms with van der Waals surface area (Å²) in [5, 5.41) is 14.6. The van der Waals surface area contributed by atoms with Gasteiger partial charge in [0.05, 0.1) is 12.6 Å². The first kappa shape index (κ1) is 16.2. The van der Waals surface area contributed by atoms with E-state index in [1.807, 2.05) is 36.4 Å². The van der Waals surface area contributed by atoms with E-state index in [-0.39, 0.29) is 6.61 Å². The quantitative estimate of drug-likeness (QED) is 0.752. The van der Waals surface area contributed by atoms with Crippen LogP contribution < -0.4 is 10.6 Å². The summed E-state index contributed by atoms with van der Waals surface area (Å²) in [5.74, 6) is -1.50. The minimum Gasteiger partial charge on any atom is -0.394 e. The van der Waals surface area contributed by atoms with Gasteiger partial charge in [0, 0.05) is 5.69 Å². The number of hydrogen-bond donors (Lipinski definition) is 3. The molecule has 5 heteroatoms. The molecule has 1 aliphatic rings. The molecule has 1 atom stereocenters. The van der Waals surface area contributed by atoms with Gasteiger partial charge in [-0.15, -0.1) is 0 Å². The van der Waals surface area contributed by atoms with E-state index in [4.69, 9.17) is 0 Å². The van der Waals surface area contributed by atoms with Gasteiger partial charge < -0.3 is 15.7 Å². The number of fused-ring (bicyclic) bond motifs is 1. The highest BCUT2D eigenvalue weighted by molar-refractivity contribution is 6.39. The summed E-state index contributed by atoms with van der Waals surface area (Å²) in [4.78, 5) is 24.2. The normalized spacial score (nSPS) is 13.9. The Morgan fingerprint density at radius 3 is 2.50 bits per heavy atom. The summed E-state index contributed by atoms with van der Waals surface area (Å²) in [6.45, 7) is -0.276. The van der Waals surface area contributed by atoms with Crippen LogP contribution in [0.1, 0.15) is 29.2 Å². The van der Waals surface area contributed by atoms with Crippen LogP contribution in [0, 0.1) is 0 Å². The van der Waals surface area contributed by atoms with Gasteiger partial charge in [-0.25, -0.2) is 0 Å². The van der Waals surface area contributed by atoms with Gasteiger partial charge in [-0.3, -0.25) is 9.59 Å². The summed E-state index contributed by atoms with van der Waals surface area (Å²) >= 11 is 0. The summed E-state index contributed by atoms with van der Waals surface area (Å²) in [7, 11) is 0. The van der Waals surface area contributed by atoms with Crippen LogP contribution in [0.25, 0.3) is 0 Å². The van der Waals surface area contributed by atoms with Gasteiger partial charge >= 0.3 is 11.8 Å². The number of amides is 2. The number of aliphatic hydroxyl groups is 1. The standard InChI is InChI=1S/C19H20N2O3/c22-12-17(14-5-2-1-3-6-14)21-19(24)18(23)20-16-10-9-13-7-4-8-15(13)11-16/h1-3,5-6,9-11,17,22H,4,7-8,12H2,(H,20,23)(H,21,24). The molecule has 0 bridgehead atoms. The van der Waals surface area contributed by atoms with E-state index < -0.39 is 17.9 Å². The van der Waals surface area contributed by atoms with Crippen LogP contribution in [0.2, 0.25) is 0 Å². The van der Waals surface area contributed by atoms with Gasteiger partial charge in [-0.2, -0.15) is 0 Å². The largest absolute Gasteiger partial charge is 0.394 e. The molecule has 1 unspecified atom stereocenters. The highest BCUT2D eigenvalue weighted by Crippen LogP contribution is 2.24. The second-order valence-corrected chi connectivity index (χ2v) is 5.91. The molecule has 2 amide bonds. The number of carbonyl (C=O) groups excluding carboxylic acids is 2. The van der Waals surface area contributed by atoms with Gasteiger partial charge in [0.2, 0.25) is 0 Å². The summed E-state index contributed by atoms with van der Waals surface area (Å²) in [6.07, 6.45) is 3.20. The number of rotatable bonds is 4. The Kier molecular flexibility index (Phi) is 4.91. The number of carbonyl (C=O) groups is 2. The molecular formula is C19H20N2O3. The highest BCUT2D eigenvalue weighted by atomic mass is 16.3. The average molecular weight is 324 g/mol. The molecule has 0 spiro atoms. The number of aliphatic hydroxyl groups excluding tert-OH is 1. The van der Waals surface area contributed by atoms with Gasteiger partial charge in [0.1, 0.15) is 0 Å². The first-order chi connectivity index (χ1) is 11.7. The number of anilines is 1. The van der Waals surface area contributed by atoms with Crippen LogP contribution in [0.4, 0.5) is 5.69 Å². The maximum atomic E-state index is 12.1. The van der Waals surface area contributed by atoms with Crippen LogP contribution in [-0.4, -0.2) is 23.5 Å². The zero-order valence-corrected chi connectivity index (χ0v) is 13.3. The number of nitrogens with one attached hydrogen (secondary N) is 2. The molecule has 2 aromatic carbocycles. The lowest BCUT2D eigenvalue weighted by Gasteiger charge is -2.16. The third-order valence-corrected chi connectivity index (χ3v) is 4.25. The van der Waals surface area contributed by atoms with Crippen LogP contribution >= 0.6 is 0 Å². The number of hydrogen-bond acceptors (Lipinski definition) is 3.